The molecule has 2 unspecified atom stereocenters. The van der Waals surface area contributed by atoms with Gasteiger partial charge in [-0.3, -0.25) is 4.90 Å². The van der Waals surface area contributed by atoms with Crippen LogP contribution in [0.25, 0.3) is 0 Å². The standard InChI is InChI=1S/C18H29F3N2O7S/c1-8-28-15(24)14(12(3)30-31(26,27)18(19,20)21)13-10-23(9-11(2)22(13)7)16(25)29-17(4,5)6/h11,13H,8-10H2,1-7H3/b14-12-. The number of carbonyl (C=O) groups excluding carboxylic acids is 2. The van der Waals surface area contributed by atoms with Gasteiger partial charge >= 0.3 is 27.7 Å². The van der Waals surface area contributed by atoms with E-state index in [1.165, 1.54) is 11.8 Å². The molecule has 0 N–H and O–H groups in total. The van der Waals surface area contributed by atoms with Crippen molar-refractivity contribution >= 4 is 22.2 Å². The van der Waals surface area contributed by atoms with Gasteiger partial charge in [-0.25, -0.2) is 9.59 Å². The third-order valence-corrected chi connectivity index (χ3v) is 5.48. The highest BCUT2D eigenvalue weighted by Gasteiger charge is 2.49. The number of alkyl halides is 3. The van der Waals surface area contributed by atoms with Gasteiger partial charge in [0.2, 0.25) is 0 Å². The van der Waals surface area contributed by atoms with Crippen LogP contribution in [0.3, 0.4) is 0 Å². The van der Waals surface area contributed by atoms with Crippen molar-refractivity contribution in [3.8, 4) is 0 Å². The second kappa shape index (κ2) is 9.63. The van der Waals surface area contributed by atoms with Gasteiger partial charge in [-0.1, -0.05) is 0 Å². The Hall–Kier alpha value is -2.02. The van der Waals surface area contributed by atoms with Crippen molar-refractivity contribution in [2.45, 2.75) is 64.7 Å². The molecule has 0 radical (unpaired) electrons. The number of likely N-dealkylation sites (N-methyl/N-ethyl adjacent to an activating group) is 1. The summed E-state index contributed by atoms with van der Waals surface area (Å²) in [5.74, 6) is -1.83. The lowest BCUT2D eigenvalue weighted by atomic mass is 9.99. The van der Waals surface area contributed by atoms with Crippen molar-refractivity contribution in [2.75, 3.05) is 26.7 Å². The third-order valence-electron chi connectivity index (χ3n) is 4.44. The quantitative estimate of drug-likeness (QED) is 0.197. The van der Waals surface area contributed by atoms with Crippen molar-refractivity contribution in [3.05, 3.63) is 11.3 Å². The highest BCUT2D eigenvalue weighted by atomic mass is 32.2. The van der Waals surface area contributed by atoms with Crippen LogP contribution in [0.15, 0.2) is 11.3 Å². The Morgan fingerprint density at radius 2 is 1.68 bits per heavy atom. The molecule has 2 atom stereocenters. The first kappa shape index (κ1) is 27.0. The first-order chi connectivity index (χ1) is 13.9. The van der Waals surface area contributed by atoms with Crippen LogP contribution in [0.1, 0.15) is 41.5 Å². The number of rotatable bonds is 5. The fourth-order valence-electron chi connectivity index (χ4n) is 2.92. The summed E-state index contributed by atoms with van der Waals surface area (Å²) >= 11 is 0. The molecule has 13 heteroatoms. The summed E-state index contributed by atoms with van der Waals surface area (Å²) in [4.78, 5) is 28.0. The molecule has 0 aliphatic carbocycles. The smallest absolute Gasteiger partial charge is 0.462 e. The molecule has 180 valence electrons. The van der Waals surface area contributed by atoms with E-state index in [2.05, 4.69) is 4.18 Å². The lowest BCUT2D eigenvalue weighted by Gasteiger charge is -2.44. The molecule has 1 aliphatic heterocycles. The summed E-state index contributed by atoms with van der Waals surface area (Å²) in [7, 11) is -4.41. The highest BCUT2D eigenvalue weighted by molar-refractivity contribution is 7.87. The average molecular weight is 474 g/mol. The average Bonchev–Trinajstić information content (AvgIpc) is 2.55. The summed E-state index contributed by atoms with van der Waals surface area (Å²) < 4.78 is 75.8. The maximum absolute atomic E-state index is 12.8. The Morgan fingerprint density at radius 1 is 1.13 bits per heavy atom. The number of hydrogen-bond acceptors (Lipinski definition) is 8. The van der Waals surface area contributed by atoms with E-state index in [1.54, 1.807) is 39.6 Å². The minimum Gasteiger partial charge on any atom is -0.462 e. The fourth-order valence-corrected chi connectivity index (χ4v) is 3.43. The number of esters is 1. The fraction of sp³-hybridized carbons (Fsp3) is 0.778. The van der Waals surface area contributed by atoms with Gasteiger partial charge in [-0.15, -0.1) is 0 Å². The van der Waals surface area contributed by atoms with Gasteiger partial charge in [-0.05, 0) is 48.6 Å². The van der Waals surface area contributed by atoms with E-state index < -0.39 is 50.7 Å². The third kappa shape index (κ3) is 6.99. The molecule has 1 fully saturated rings. The normalized spacial score (nSPS) is 21.9. The minimum absolute atomic E-state index is 0.108. The Bertz CT molecular complexity index is 819. The Balaban J connectivity index is 3.41. The Labute approximate surface area is 180 Å². The number of carbonyl (C=O) groups is 2. The predicted molar refractivity (Wildman–Crippen MR) is 104 cm³/mol. The number of allylic oxidation sites excluding steroid dienone is 1. The molecule has 1 amide bonds. The molecule has 1 heterocycles. The van der Waals surface area contributed by atoms with Crippen LogP contribution >= 0.6 is 0 Å². The van der Waals surface area contributed by atoms with Gasteiger partial charge in [0.15, 0.2) is 0 Å². The van der Waals surface area contributed by atoms with Gasteiger partial charge in [0.1, 0.15) is 11.4 Å². The van der Waals surface area contributed by atoms with Gasteiger partial charge < -0.3 is 18.6 Å². The molecule has 1 saturated heterocycles. The summed E-state index contributed by atoms with van der Waals surface area (Å²) in [5, 5.41) is 0. The molecule has 0 aromatic carbocycles. The molecule has 0 spiro atoms. The molecule has 0 aromatic rings. The highest BCUT2D eigenvalue weighted by Crippen LogP contribution is 2.30. The first-order valence-corrected chi connectivity index (χ1v) is 10.9. The summed E-state index contributed by atoms with van der Waals surface area (Å²) in [6, 6.07) is -1.35. The van der Waals surface area contributed by atoms with Crippen molar-refractivity contribution in [2.24, 2.45) is 0 Å². The van der Waals surface area contributed by atoms with Crippen LogP contribution < -0.4 is 0 Å². The Morgan fingerprint density at radius 3 is 2.13 bits per heavy atom. The topological polar surface area (TPSA) is 102 Å². The molecule has 1 aliphatic rings. The maximum atomic E-state index is 12.8. The maximum Gasteiger partial charge on any atom is 0.534 e. The summed E-state index contributed by atoms with van der Waals surface area (Å²) in [6.45, 7) is 9.12. The summed E-state index contributed by atoms with van der Waals surface area (Å²) in [5.41, 5.74) is -6.90. The van der Waals surface area contributed by atoms with E-state index in [-0.39, 0.29) is 25.7 Å². The van der Waals surface area contributed by atoms with Crippen molar-refractivity contribution in [1.82, 2.24) is 9.80 Å². The zero-order chi connectivity index (χ0) is 24.4. The SMILES string of the molecule is CCOC(=O)/C(=C(/C)OS(=O)(=O)C(F)(F)F)C1CN(C(=O)OC(C)(C)C)CC(C)N1C. The van der Waals surface area contributed by atoms with E-state index in [0.717, 1.165) is 6.92 Å². The molecular formula is C18H29F3N2O7S. The molecular weight excluding hydrogens is 445 g/mol. The summed E-state index contributed by atoms with van der Waals surface area (Å²) in [6.07, 6.45) is -0.679. The monoisotopic (exact) mass is 474 g/mol. The molecule has 0 aromatic heterocycles. The second-order valence-corrected chi connectivity index (χ2v) is 9.63. The van der Waals surface area contributed by atoms with Gasteiger partial charge in [0.05, 0.1) is 18.2 Å². The minimum atomic E-state index is -6.00. The van der Waals surface area contributed by atoms with E-state index in [9.17, 15) is 31.2 Å². The molecule has 0 saturated carbocycles. The number of piperazine rings is 1. The number of nitrogens with zero attached hydrogens (tertiary/aromatic N) is 2. The van der Waals surface area contributed by atoms with E-state index in [1.807, 2.05) is 0 Å². The zero-order valence-electron chi connectivity index (χ0n) is 18.6. The Kier molecular flexibility index (Phi) is 8.40. The first-order valence-electron chi connectivity index (χ1n) is 9.49. The zero-order valence-corrected chi connectivity index (χ0v) is 19.4. The van der Waals surface area contributed by atoms with Crippen LogP contribution in [0.4, 0.5) is 18.0 Å². The second-order valence-electron chi connectivity index (χ2n) is 8.09. The van der Waals surface area contributed by atoms with Crippen LogP contribution in [0, 0.1) is 0 Å². The number of halogens is 3. The molecule has 9 nitrogen and oxygen atoms in total. The van der Waals surface area contributed by atoms with Gasteiger partial charge in [-0.2, -0.15) is 21.6 Å². The van der Waals surface area contributed by atoms with Crippen LogP contribution in [0.2, 0.25) is 0 Å². The number of ether oxygens (including phenoxy) is 2. The largest absolute Gasteiger partial charge is 0.534 e. The van der Waals surface area contributed by atoms with Crippen LogP contribution in [-0.2, 0) is 28.6 Å². The van der Waals surface area contributed by atoms with Gasteiger partial charge in [0, 0.05) is 19.1 Å². The lowest BCUT2D eigenvalue weighted by Crippen LogP contribution is -2.59. The van der Waals surface area contributed by atoms with Crippen LogP contribution in [-0.4, -0.2) is 80.2 Å². The number of hydrogen-bond donors (Lipinski definition) is 0. The van der Waals surface area contributed by atoms with Crippen LogP contribution in [0.5, 0.6) is 0 Å². The van der Waals surface area contributed by atoms with Crippen molar-refractivity contribution in [1.29, 1.82) is 0 Å². The molecule has 31 heavy (non-hydrogen) atoms. The van der Waals surface area contributed by atoms with Gasteiger partial charge in [0.25, 0.3) is 0 Å². The van der Waals surface area contributed by atoms with Crippen molar-refractivity contribution < 1.29 is 44.8 Å². The molecule has 0 bridgehead atoms. The number of amides is 1. The molecule has 1 rings (SSSR count). The van der Waals surface area contributed by atoms with E-state index >= 15 is 0 Å². The lowest BCUT2D eigenvalue weighted by molar-refractivity contribution is -0.140. The predicted octanol–water partition coefficient (Wildman–Crippen LogP) is 2.63. The van der Waals surface area contributed by atoms with E-state index in [0.29, 0.717) is 0 Å². The van der Waals surface area contributed by atoms with E-state index in [4.69, 9.17) is 9.47 Å². The van der Waals surface area contributed by atoms with Crippen molar-refractivity contribution in [3.63, 3.8) is 0 Å².